The fraction of sp³-hybridized carbons (Fsp3) is 0.500. The predicted octanol–water partition coefficient (Wildman–Crippen LogP) is 2.86. The van der Waals surface area contributed by atoms with Crippen molar-refractivity contribution >= 4 is 5.91 Å². The van der Waals surface area contributed by atoms with Gasteiger partial charge in [-0.2, -0.15) is 0 Å². The minimum Gasteiger partial charge on any atom is -0.351 e. The number of amides is 1. The first kappa shape index (κ1) is 18.6. The number of nitrogens with one attached hydrogen (secondary N) is 1. The number of carbonyl (C=O) groups excluding carboxylic acids is 1. The van der Waals surface area contributed by atoms with E-state index in [1.807, 2.05) is 16.7 Å². The van der Waals surface area contributed by atoms with Gasteiger partial charge in [-0.1, -0.05) is 32.0 Å². The average Bonchev–Trinajstić information content (AvgIpc) is 2.91. The summed E-state index contributed by atoms with van der Waals surface area (Å²) in [5, 5.41) is 2.98. The van der Waals surface area contributed by atoms with Crippen LogP contribution in [0.4, 0.5) is 4.39 Å². The Bertz CT molecular complexity index is 756. The number of hydrogen-bond donors (Lipinski definition) is 1. The number of imidazole rings is 1. The Morgan fingerprint density at radius 2 is 2.08 bits per heavy atom. The van der Waals surface area contributed by atoms with Crippen molar-refractivity contribution in [3.8, 4) is 0 Å². The van der Waals surface area contributed by atoms with E-state index in [1.165, 1.54) is 6.07 Å². The second-order valence-electron chi connectivity index (χ2n) is 7.27. The first-order valence-electron chi connectivity index (χ1n) is 9.33. The number of halogens is 1. The van der Waals surface area contributed by atoms with Crippen molar-refractivity contribution in [1.82, 2.24) is 19.8 Å². The third kappa shape index (κ3) is 4.49. The molecule has 2 heterocycles. The molecule has 1 aromatic heterocycles. The molecule has 6 heteroatoms. The molecule has 0 bridgehead atoms. The SMILES string of the molecule is CC(C)CCNC(=O)c1cnc2n1CCN(Cc1ccccc1F)CC2. The standard InChI is InChI=1S/C20H27FN4O/c1-15(2)7-9-22-20(26)18-13-23-19-8-10-24(11-12-25(18)19)14-16-5-3-4-6-17(16)21/h3-6,13,15H,7-12,14H2,1-2H3,(H,22,26). The zero-order valence-corrected chi connectivity index (χ0v) is 15.5. The maximum Gasteiger partial charge on any atom is 0.269 e. The van der Waals surface area contributed by atoms with Gasteiger partial charge in [0.15, 0.2) is 0 Å². The molecule has 0 atom stereocenters. The lowest BCUT2D eigenvalue weighted by Crippen LogP contribution is -2.29. The van der Waals surface area contributed by atoms with Crippen molar-refractivity contribution in [3.63, 3.8) is 0 Å². The fourth-order valence-corrected chi connectivity index (χ4v) is 3.25. The molecule has 140 valence electrons. The summed E-state index contributed by atoms with van der Waals surface area (Å²) < 4.78 is 15.9. The largest absolute Gasteiger partial charge is 0.351 e. The highest BCUT2D eigenvalue weighted by Crippen LogP contribution is 2.15. The molecule has 1 aliphatic heterocycles. The van der Waals surface area contributed by atoms with Gasteiger partial charge < -0.3 is 9.88 Å². The van der Waals surface area contributed by atoms with Crippen molar-refractivity contribution in [2.45, 2.75) is 39.8 Å². The normalized spacial score (nSPS) is 14.9. The van der Waals surface area contributed by atoms with E-state index in [1.54, 1.807) is 12.3 Å². The van der Waals surface area contributed by atoms with Crippen LogP contribution in [0.1, 0.15) is 42.1 Å². The molecule has 0 fully saturated rings. The molecule has 1 amide bonds. The van der Waals surface area contributed by atoms with Crippen LogP contribution in [0.2, 0.25) is 0 Å². The number of carbonyl (C=O) groups is 1. The Morgan fingerprint density at radius 3 is 2.85 bits per heavy atom. The number of benzene rings is 1. The number of nitrogens with zero attached hydrogens (tertiary/aromatic N) is 3. The highest BCUT2D eigenvalue weighted by molar-refractivity contribution is 5.92. The van der Waals surface area contributed by atoms with E-state index in [0.717, 1.165) is 31.8 Å². The van der Waals surface area contributed by atoms with Gasteiger partial charge in [-0.05, 0) is 18.4 Å². The quantitative estimate of drug-likeness (QED) is 0.864. The van der Waals surface area contributed by atoms with Gasteiger partial charge in [0, 0.05) is 44.7 Å². The van der Waals surface area contributed by atoms with E-state index in [-0.39, 0.29) is 11.7 Å². The first-order chi connectivity index (χ1) is 12.5. The second kappa shape index (κ2) is 8.45. The van der Waals surface area contributed by atoms with Crippen LogP contribution in [0.3, 0.4) is 0 Å². The molecule has 0 unspecified atom stereocenters. The summed E-state index contributed by atoms with van der Waals surface area (Å²) >= 11 is 0. The molecule has 0 radical (unpaired) electrons. The third-order valence-electron chi connectivity index (χ3n) is 4.82. The molecule has 26 heavy (non-hydrogen) atoms. The highest BCUT2D eigenvalue weighted by atomic mass is 19.1. The topological polar surface area (TPSA) is 50.2 Å². The van der Waals surface area contributed by atoms with Crippen LogP contribution >= 0.6 is 0 Å². The number of hydrogen-bond acceptors (Lipinski definition) is 3. The van der Waals surface area contributed by atoms with Crippen molar-refractivity contribution in [1.29, 1.82) is 0 Å². The maximum atomic E-state index is 13.9. The van der Waals surface area contributed by atoms with E-state index in [0.29, 0.717) is 36.8 Å². The van der Waals surface area contributed by atoms with Gasteiger partial charge in [0.2, 0.25) is 0 Å². The van der Waals surface area contributed by atoms with Crippen LogP contribution < -0.4 is 5.32 Å². The van der Waals surface area contributed by atoms with E-state index < -0.39 is 0 Å². The third-order valence-corrected chi connectivity index (χ3v) is 4.82. The van der Waals surface area contributed by atoms with Gasteiger partial charge in [0.25, 0.3) is 5.91 Å². The van der Waals surface area contributed by atoms with E-state index >= 15 is 0 Å². The van der Waals surface area contributed by atoms with Crippen molar-refractivity contribution in [2.75, 3.05) is 19.6 Å². The monoisotopic (exact) mass is 358 g/mol. The molecule has 3 rings (SSSR count). The summed E-state index contributed by atoms with van der Waals surface area (Å²) in [6.45, 7) is 7.80. The van der Waals surface area contributed by atoms with Gasteiger partial charge in [-0.3, -0.25) is 9.69 Å². The maximum absolute atomic E-state index is 13.9. The predicted molar refractivity (Wildman–Crippen MR) is 99.4 cm³/mol. The molecule has 1 N–H and O–H groups in total. The molecule has 1 aromatic carbocycles. The van der Waals surface area contributed by atoms with Crippen LogP contribution in [0, 0.1) is 11.7 Å². The molecular weight excluding hydrogens is 331 g/mol. The molecule has 0 saturated heterocycles. The van der Waals surface area contributed by atoms with Crippen LogP contribution in [0.15, 0.2) is 30.5 Å². The van der Waals surface area contributed by atoms with Crippen molar-refractivity contribution in [2.24, 2.45) is 5.92 Å². The zero-order valence-electron chi connectivity index (χ0n) is 15.5. The van der Waals surface area contributed by atoms with Gasteiger partial charge in [-0.15, -0.1) is 0 Å². The summed E-state index contributed by atoms with van der Waals surface area (Å²) in [6.07, 6.45) is 3.39. The summed E-state index contributed by atoms with van der Waals surface area (Å²) in [7, 11) is 0. The van der Waals surface area contributed by atoms with Crippen LogP contribution in [-0.2, 0) is 19.5 Å². The van der Waals surface area contributed by atoms with E-state index in [9.17, 15) is 9.18 Å². The zero-order chi connectivity index (χ0) is 18.5. The smallest absolute Gasteiger partial charge is 0.269 e. The van der Waals surface area contributed by atoms with Crippen LogP contribution in [-0.4, -0.2) is 40.0 Å². The average molecular weight is 358 g/mol. The van der Waals surface area contributed by atoms with Crippen LogP contribution in [0.25, 0.3) is 0 Å². The Balaban J connectivity index is 1.62. The number of fused-ring (bicyclic) bond motifs is 1. The van der Waals surface area contributed by atoms with E-state index in [2.05, 4.69) is 29.0 Å². The van der Waals surface area contributed by atoms with Gasteiger partial charge in [-0.25, -0.2) is 9.37 Å². The van der Waals surface area contributed by atoms with Crippen LogP contribution in [0.5, 0.6) is 0 Å². The highest BCUT2D eigenvalue weighted by Gasteiger charge is 2.21. The number of aromatic nitrogens is 2. The summed E-state index contributed by atoms with van der Waals surface area (Å²) in [4.78, 5) is 19.1. The number of rotatable bonds is 6. The Hall–Kier alpha value is -2.21. The lowest BCUT2D eigenvalue weighted by atomic mass is 10.1. The molecular formula is C20H27FN4O. The fourth-order valence-electron chi connectivity index (χ4n) is 3.25. The van der Waals surface area contributed by atoms with Gasteiger partial charge >= 0.3 is 0 Å². The Labute approximate surface area is 154 Å². The second-order valence-corrected chi connectivity index (χ2v) is 7.27. The molecule has 0 saturated carbocycles. The Morgan fingerprint density at radius 1 is 1.27 bits per heavy atom. The van der Waals surface area contributed by atoms with E-state index in [4.69, 9.17) is 0 Å². The first-order valence-corrected chi connectivity index (χ1v) is 9.33. The van der Waals surface area contributed by atoms with Gasteiger partial charge in [0.05, 0.1) is 6.20 Å². The Kier molecular flexibility index (Phi) is 6.04. The molecule has 1 aliphatic rings. The molecule has 5 nitrogen and oxygen atoms in total. The molecule has 0 aliphatic carbocycles. The minimum absolute atomic E-state index is 0.0630. The van der Waals surface area contributed by atoms with Crippen molar-refractivity contribution < 1.29 is 9.18 Å². The summed E-state index contributed by atoms with van der Waals surface area (Å²) in [5.74, 6) is 1.26. The lowest BCUT2D eigenvalue weighted by molar-refractivity contribution is 0.0942. The molecule has 0 spiro atoms. The molecule has 2 aromatic rings. The lowest BCUT2D eigenvalue weighted by Gasteiger charge is -2.20. The summed E-state index contributed by atoms with van der Waals surface area (Å²) in [5.41, 5.74) is 1.33. The summed E-state index contributed by atoms with van der Waals surface area (Å²) in [6, 6.07) is 6.89. The van der Waals surface area contributed by atoms with Crippen molar-refractivity contribution in [3.05, 3.63) is 53.4 Å². The van der Waals surface area contributed by atoms with Gasteiger partial charge in [0.1, 0.15) is 17.3 Å². The minimum atomic E-state index is -0.167.